The molecule has 0 spiro atoms. The quantitative estimate of drug-likeness (QED) is 0.572. The Morgan fingerprint density at radius 2 is 2.00 bits per heavy atom. The van der Waals surface area contributed by atoms with Crippen molar-refractivity contribution in [2.45, 2.75) is 26.9 Å². The Hall–Kier alpha value is -3.13. The minimum atomic E-state index is -0.146. The summed E-state index contributed by atoms with van der Waals surface area (Å²) in [7, 11) is 0. The van der Waals surface area contributed by atoms with Crippen molar-refractivity contribution < 1.29 is 9.47 Å². The van der Waals surface area contributed by atoms with Crippen molar-refractivity contribution >= 4 is 28.2 Å². The second-order valence-electron chi connectivity index (χ2n) is 8.00. The summed E-state index contributed by atoms with van der Waals surface area (Å²) in [6, 6.07) is 9.51. The Balaban J connectivity index is 1.63. The van der Waals surface area contributed by atoms with Gasteiger partial charge in [-0.1, -0.05) is 19.9 Å². The second-order valence-corrected chi connectivity index (χ2v) is 8.39. The number of hydrogen-bond donors (Lipinski definition) is 2. The van der Waals surface area contributed by atoms with Crippen LogP contribution in [0.2, 0.25) is 0 Å². The summed E-state index contributed by atoms with van der Waals surface area (Å²) in [5, 5.41) is 4.81. The van der Waals surface area contributed by atoms with E-state index in [0.29, 0.717) is 54.4 Å². The number of rotatable bonds is 6. The first-order valence-electron chi connectivity index (χ1n) is 10.4. The van der Waals surface area contributed by atoms with Crippen LogP contribution in [0, 0.1) is 5.92 Å². The minimum Gasteiger partial charge on any atom is -0.486 e. The van der Waals surface area contributed by atoms with Gasteiger partial charge in [0.2, 0.25) is 0 Å². The molecule has 162 valence electrons. The molecule has 0 radical (unpaired) electrons. The third kappa shape index (κ3) is 5.14. The first-order chi connectivity index (χ1) is 15.0. The zero-order valence-corrected chi connectivity index (χ0v) is 18.5. The predicted molar refractivity (Wildman–Crippen MR) is 124 cm³/mol. The van der Waals surface area contributed by atoms with Crippen molar-refractivity contribution in [3.8, 4) is 11.5 Å². The van der Waals surface area contributed by atoms with E-state index < -0.39 is 0 Å². The van der Waals surface area contributed by atoms with Gasteiger partial charge < -0.3 is 24.7 Å². The van der Waals surface area contributed by atoms with Gasteiger partial charge >= 0.3 is 0 Å². The number of fused-ring (bicyclic) bond motifs is 2. The molecule has 0 atom stereocenters. The Labute approximate surface area is 186 Å². The summed E-state index contributed by atoms with van der Waals surface area (Å²) < 4.78 is 11.3. The molecule has 1 aliphatic rings. The normalized spacial score (nSPS) is 12.7. The topological polar surface area (TPSA) is 79.5 Å². The van der Waals surface area contributed by atoms with E-state index in [1.807, 2.05) is 41.4 Å². The van der Waals surface area contributed by atoms with Crippen LogP contribution in [0.3, 0.4) is 0 Å². The molecule has 8 heteroatoms. The van der Waals surface area contributed by atoms with Gasteiger partial charge in [0.05, 0.1) is 12.1 Å². The highest BCUT2D eigenvalue weighted by Crippen LogP contribution is 2.33. The molecular formula is C23H26N4O3S. The average Bonchev–Trinajstić information content (AvgIpc) is 2.77. The van der Waals surface area contributed by atoms with Gasteiger partial charge in [-0.2, -0.15) is 0 Å². The molecule has 7 nitrogen and oxygen atoms in total. The lowest BCUT2D eigenvalue weighted by atomic mass is 10.1. The van der Waals surface area contributed by atoms with Crippen LogP contribution in [-0.4, -0.2) is 39.7 Å². The zero-order chi connectivity index (χ0) is 21.8. The molecule has 1 aromatic carbocycles. The largest absolute Gasteiger partial charge is 0.486 e. The van der Waals surface area contributed by atoms with Gasteiger partial charge in [0, 0.05) is 42.5 Å². The number of ether oxygens (including phenoxy) is 2. The molecule has 0 aliphatic carbocycles. The molecular weight excluding hydrogens is 412 g/mol. The highest BCUT2D eigenvalue weighted by Gasteiger charge is 2.17. The molecule has 0 bridgehead atoms. The predicted octanol–water partition coefficient (Wildman–Crippen LogP) is 3.23. The standard InChI is InChI=1S/C23H26N4O3S/c1-15(2)11-25-23(31)27(13-16-4-3-5-24-12-16)14-18-8-17-9-20-21(30-7-6-29-20)10-19(17)26-22(18)28/h3-5,8-10,12,15H,6-7,11,13-14H2,1-2H3,(H,25,31)(H,26,28). The van der Waals surface area contributed by atoms with Gasteiger partial charge in [-0.15, -0.1) is 0 Å². The van der Waals surface area contributed by atoms with Crippen molar-refractivity contribution in [2.24, 2.45) is 5.92 Å². The molecule has 2 N–H and O–H groups in total. The van der Waals surface area contributed by atoms with Crippen LogP contribution < -0.4 is 20.3 Å². The molecule has 4 rings (SSSR count). The molecule has 0 saturated carbocycles. The van der Waals surface area contributed by atoms with Crippen molar-refractivity contribution in [1.29, 1.82) is 0 Å². The number of nitrogens with zero attached hydrogens (tertiary/aromatic N) is 2. The van der Waals surface area contributed by atoms with E-state index >= 15 is 0 Å². The molecule has 31 heavy (non-hydrogen) atoms. The van der Waals surface area contributed by atoms with Crippen LogP contribution in [0.1, 0.15) is 25.0 Å². The van der Waals surface area contributed by atoms with Crippen LogP contribution in [0.5, 0.6) is 11.5 Å². The smallest absolute Gasteiger partial charge is 0.253 e. The fraction of sp³-hybridized carbons (Fsp3) is 0.348. The van der Waals surface area contributed by atoms with Crippen LogP contribution >= 0.6 is 12.2 Å². The molecule has 3 aromatic rings. The van der Waals surface area contributed by atoms with E-state index in [4.69, 9.17) is 21.7 Å². The number of aromatic nitrogens is 2. The number of hydrogen-bond acceptors (Lipinski definition) is 5. The van der Waals surface area contributed by atoms with Crippen molar-refractivity contribution in [3.63, 3.8) is 0 Å². The van der Waals surface area contributed by atoms with Gasteiger partial charge in [0.15, 0.2) is 16.6 Å². The zero-order valence-electron chi connectivity index (χ0n) is 17.7. The average molecular weight is 439 g/mol. The van der Waals surface area contributed by atoms with E-state index in [9.17, 15) is 4.79 Å². The molecule has 0 saturated heterocycles. The van der Waals surface area contributed by atoms with Crippen LogP contribution in [0.25, 0.3) is 10.9 Å². The van der Waals surface area contributed by atoms with E-state index in [-0.39, 0.29) is 5.56 Å². The highest BCUT2D eigenvalue weighted by molar-refractivity contribution is 7.80. The Morgan fingerprint density at radius 1 is 1.23 bits per heavy atom. The molecule has 0 unspecified atom stereocenters. The van der Waals surface area contributed by atoms with E-state index in [2.05, 4.69) is 29.1 Å². The molecule has 1 aliphatic heterocycles. The fourth-order valence-electron chi connectivity index (χ4n) is 3.43. The number of benzene rings is 1. The summed E-state index contributed by atoms with van der Waals surface area (Å²) in [5.41, 5.74) is 2.22. The lowest BCUT2D eigenvalue weighted by Gasteiger charge is -2.26. The second kappa shape index (κ2) is 9.34. The maximum Gasteiger partial charge on any atom is 0.253 e. The Bertz CT molecular complexity index is 1130. The summed E-state index contributed by atoms with van der Waals surface area (Å²) in [6.07, 6.45) is 3.55. The van der Waals surface area contributed by atoms with Gasteiger partial charge in [0.1, 0.15) is 13.2 Å². The summed E-state index contributed by atoms with van der Waals surface area (Å²) in [4.78, 5) is 22.0. The first kappa shape index (κ1) is 21.1. The van der Waals surface area contributed by atoms with E-state index in [1.54, 1.807) is 6.20 Å². The van der Waals surface area contributed by atoms with Crippen LogP contribution in [0.15, 0.2) is 47.5 Å². The number of aromatic amines is 1. The molecule has 0 amide bonds. The molecule has 0 fully saturated rings. The SMILES string of the molecule is CC(C)CNC(=S)N(Cc1cccnc1)Cc1cc2cc3c(cc2[nH]c1=O)OCCO3. The maximum absolute atomic E-state index is 12.8. The number of thiocarbonyl (C=S) groups is 1. The molecule has 2 aromatic heterocycles. The maximum atomic E-state index is 12.8. The van der Waals surface area contributed by atoms with E-state index in [0.717, 1.165) is 23.0 Å². The van der Waals surface area contributed by atoms with Crippen molar-refractivity contribution in [1.82, 2.24) is 20.2 Å². The first-order valence-corrected chi connectivity index (χ1v) is 10.8. The lowest BCUT2D eigenvalue weighted by molar-refractivity contribution is 0.172. The Kier molecular flexibility index (Phi) is 6.36. The Morgan fingerprint density at radius 3 is 2.71 bits per heavy atom. The van der Waals surface area contributed by atoms with Crippen LogP contribution in [-0.2, 0) is 13.1 Å². The third-order valence-corrected chi connectivity index (χ3v) is 5.39. The monoisotopic (exact) mass is 438 g/mol. The number of pyridine rings is 2. The summed E-state index contributed by atoms with van der Waals surface area (Å²) in [6.45, 7) is 6.96. The van der Waals surface area contributed by atoms with Crippen molar-refractivity contribution in [3.05, 3.63) is 64.2 Å². The van der Waals surface area contributed by atoms with Crippen molar-refractivity contribution in [2.75, 3.05) is 19.8 Å². The summed E-state index contributed by atoms with van der Waals surface area (Å²) in [5.74, 6) is 1.80. The van der Waals surface area contributed by atoms with Gasteiger partial charge in [0.25, 0.3) is 5.56 Å². The molecule has 3 heterocycles. The lowest BCUT2D eigenvalue weighted by Crippen LogP contribution is -2.41. The number of nitrogens with one attached hydrogen (secondary N) is 2. The van der Waals surface area contributed by atoms with Gasteiger partial charge in [-0.25, -0.2) is 0 Å². The fourth-order valence-corrected chi connectivity index (χ4v) is 3.64. The third-order valence-electron chi connectivity index (χ3n) is 4.99. The van der Waals surface area contributed by atoms with Gasteiger partial charge in [-0.05, 0) is 41.9 Å². The highest BCUT2D eigenvalue weighted by atomic mass is 32.1. The number of H-pyrrole nitrogens is 1. The van der Waals surface area contributed by atoms with Gasteiger partial charge in [-0.3, -0.25) is 9.78 Å². The van der Waals surface area contributed by atoms with E-state index in [1.165, 1.54) is 0 Å². The minimum absolute atomic E-state index is 0.146. The summed E-state index contributed by atoms with van der Waals surface area (Å²) >= 11 is 5.66. The van der Waals surface area contributed by atoms with Crippen LogP contribution in [0.4, 0.5) is 0 Å².